The number of benzene rings is 1. The summed E-state index contributed by atoms with van der Waals surface area (Å²) in [4.78, 5) is 23.3. The van der Waals surface area contributed by atoms with E-state index < -0.39 is 11.6 Å². The van der Waals surface area contributed by atoms with Crippen LogP contribution in [0.4, 0.5) is 4.79 Å². The summed E-state index contributed by atoms with van der Waals surface area (Å²) in [7, 11) is 1.25. The van der Waals surface area contributed by atoms with Gasteiger partial charge in [0.25, 0.3) is 0 Å². The molecule has 1 saturated heterocycles. The number of nitrogens with one attached hydrogen (secondary N) is 1. The van der Waals surface area contributed by atoms with Crippen molar-refractivity contribution in [2.45, 2.75) is 19.4 Å². The molecule has 1 aliphatic rings. The van der Waals surface area contributed by atoms with Crippen molar-refractivity contribution < 1.29 is 19.4 Å². The number of aliphatic hydroxyl groups is 1. The predicted octanol–water partition coefficient (Wildman–Crippen LogP) is 2.24. The van der Waals surface area contributed by atoms with Crippen LogP contribution in [0, 0.1) is 6.92 Å². The molecule has 23 heavy (non-hydrogen) atoms. The van der Waals surface area contributed by atoms with E-state index in [4.69, 9.17) is 23.2 Å². The Bertz CT molecular complexity index is 571. The second kappa shape index (κ2) is 8.38. The Morgan fingerprint density at radius 2 is 2.00 bits per heavy atom. The molecule has 0 aliphatic carbocycles. The van der Waals surface area contributed by atoms with Gasteiger partial charge in [-0.1, -0.05) is 29.3 Å². The van der Waals surface area contributed by atoms with Crippen molar-refractivity contribution in [3.63, 3.8) is 0 Å². The molecule has 2 amide bonds. The Kier molecular flexibility index (Phi) is 7.12. The maximum Gasteiger partial charge on any atom is 0.325 e. The van der Waals surface area contributed by atoms with Crippen molar-refractivity contribution >= 4 is 35.2 Å². The van der Waals surface area contributed by atoms with Gasteiger partial charge >= 0.3 is 12.0 Å². The number of methoxy groups -OCH3 is 1. The van der Waals surface area contributed by atoms with Crippen molar-refractivity contribution in [2.75, 3.05) is 26.7 Å². The van der Waals surface area contributed by atoms with E-state index in [1.807, 2.05) is 19.1 Å². The van der Waals surface area contributed by atoms with Crippen LogP contribution in [0.2, 0.25) is 10.0 Å². The summed E-state index contributed by atoms with van der Waals surface area (Å²) >= 11 is 11.4. The Hall–Kier alpha value is -1.50. The standard InChI is InChI=1S/C8H14N2O4.C7H6Cl2/c1-8(13)4-10(5-8)7(12)9-3-6(11)14-2;1-5-2-3-6(8)4-7(5)9/h13H,3-5H2,1-2H3,(H,9,12);2-4H,1H3. The van der Waals surface area contributed by atoms with Crippen molar-refractivity contribution in [2.24, 2.45) is 0 Å². The zero-order valence-corrected chi connectivity index (χ0v) is 14.7. The number of aryl methyl sites for hydroxylation is 1. The first-order chi connectivity index (χ1) is 10.6. The number of likely N-dealkylation sites (tertiary alicyclic amines) is 1. The highest BCUT2D eigenvalue weighted by atomic mass is 35.5. The molecule has 0 bridgehead atoms. The molecule has 0 radical (unpaired) electrons. The first-order valence-corrected chi connectivity index (χ1v) is 7.64. The molecule has 0 unspecified atom stereocenters. The number of β-amino-alcohol motifs (C(OH)–C–C–N with tert-alkyl or cyclic N) is 1. The minimum Gasteiger partial charge on any atom is -0.468 e. The van der Waals surface area contributed by atoms with E-state index in [1.165, 1.54) is 12.0 Å². The van der Waals surface area contributed by atoms with Gasteiger partial charge in [-0.3, -0.25) is 4.79 Å². The first-order valence-electron chi connectivity index (χ1n) is 6.88. The monoisotopic (exact) mass is 362 g/mol. The average molecular weight is 363 g/mol. The number of amides is 2. The van der Waals surface area contributed by atoms with E-state index in [9.17, 15) is 14.7 Å². The number of hydrogen-bond donors (Lipinski definition) is 2. The number of carbonyl (C=O) groups excluding carboxylic acids is 2. The van der Waals surface area contributed by atoms with Crippen molar-refractivity contribution in [3.05, 3.63) is 33.8 Å². The molecule has 0 aromatic heterocycles. The minimum atomic E-state index is -0.789. The van der Waals surface area contributed by atoms with Gasteiger partial charge in [-0.05, 0) is 31.5 Å². The van der Waals surface area contributed by atoms with Gasteiger partial charge in [0.15, 0.2) is 0 Å². The SMILES string of the molecule is COC(=O)CNC(=O)N1CC(C)(O)C1.Cc1ccc(Cl)cc1Cl. The summed E-state index contributed by atoms with van der Waals surface area (Å²) < 4.78 is 4.35. The fourth-order valence-electron chi connectivity index (χ4n) is 1.82. The summed E-state index contributed by atoms with van der Waals surface area (Å²) in [6.07, 6.45) is 0. The Morgan fingerprint density at radius 3 is 2.43 bits per heavy atom. The highest BCUT2D eigenvalue weighted by Crippen LogP contribution is 2.19. The van der Waals surface area contributed by atoms with Crippen molar-refractivity contribution in [1.29, 1.82) is 0 Å². The molecule has 0 saturated carbocycles. The molecular weight excluding hydrogens is 343 g/mol. The van der Waals surface area contributed by atoms with Crippen LogP contribution in [0.3, 0.4) is 0 Å². The second-order valence-electron chi connectivity index (χ2n) is 5.48. The number of rotatable bonds is 2. The minimum absolute atomic E-state index is 0.145. The van der Waals surface area contributed by atoms with Gasteiger partial charge in [0.1, 0.15) is 6.54 Å². The van der Waals surface area contributed by atoms with Crippen molar-refractivity contribution in [3.8, 4) is 0 Å². The van der Waals surface area contributed by atoms with Gasteiger partial charge in [0, 0.05) is 10.0 Å². The fourth-order valence-corrected chi connectivity index (χ4v) is 2.23. The predicted molar refractivity (Wildman–Crippen MR) is 88.8 cm³/mol. The zero-order chi connectivity index (χ0) is 17.6. The Labute approximate surface area is 145 Å². The molecule has 8 heteroatoms. The molecule has 6 nitrogen and oxygen atoms in total. The van der Waals surface area contributed by atoms with Gasteiger partial charge in [-0.15, -0.1) is 0 Å². The molecule has 2 N–H and O–H groups in total. The smallest absolute Gasteiger partial charge is 0.325 e. The van der Waals surface area contributed by atoms with Gasteiger partial charge in [0.2, 0.25) is 0 Å². The van der Waals surface area contributed by atoms with Crippen LogP contribution in [-0.2, 0) is 9.53 Å². The molecule has 128 valence electrons. The van der Waals surface area contributed by atoms with Crippen LogP contribution in [0.25, 0.3) is 0 Å². The number of halogens is 2. The van der Waals surface area contributed by atoms with E-state index >= 15 is 0 Å². The lowest BCUT2D eigenvalue weighted by Gasteiger charge is -2.43. The summed E-state index contributed by atoms with van der Waals surface area (Å²) in [5, 5.41) is 13.1. The van der Waals surface area contributed by atoms with Crippen LogP contribution in [-0.4, -0.2) is 54.4 Å². The maximum atomic E-state index is 11.2. The van der Waals surface area contributed by atoms with Gasteiger partial charge in [-0.25, -0.2) is 4.79 Å². The van der Waals surface area contributed by atoms with E-state index in [1.54, 1.807) is 13.0 Å². The third-order valence-corrected chi connectivity index (χ3v) is 3.74. The molecule has 1 fully saturated rings. The average Bonchev–Trinajstić information content (AvgIpc) is 2.46. The number of ether oxygens (including phenoxy) is 1. The summed E-state index contributed by atoms with van der Waals surface area (Å²) in [5.74, 6) is -0.495. The lowest BCUT2D eigenvalue weighted by Crippen LogP contribution is -2.64. The number of carbonyl (C=O) groups is 2. The van der Waals surface area contributed by atoms with Crippen LogP contribution < -0.4 is 5.32 Å². The topological polar surface area (TPSA) is 78.9 Å². The largest absolute Gasteiger partial charge is 0.468 e. The fraction of sp³-hybridized carbons (Fsp3) is 0.467. The zero-order valence-electron chi connectivity index (χ0n) is 13.2. The van der Waals surface area contributed by atoms with Crippen LogP contribution in [0.5, 0.6) is 0 Å². The number of nitrogens with zero attached hydrogens (tertiary/aromatic N) is 1. The van der Waals surface area contributed by atoms with E-state index in [0.717, 1.165) is 10.6 Å². The Morgan fingerprint density at radius 1 is 1.39 bits per heavy atom. The molecule has 1 aliphatic heterocycles. The molecule has 0 spiro atoms. The number of urea groups is 1. The molecule has 0 atom stereocenters. The molecule has 2 rings (SSSR count). The second-order valence-corrected chi connectivity index (χ2v) is 6.32. The van der Waals surface area contributed by atoms with Crippen LogP contribution >= 0.6 is 23.2 Å². The maximum absolute atomic E-state index is 11.2. The number of hydrogen-bond acceptors (Lipinski definition) is 4. The quantitative estimate of drug-likeness (QED) is 0.790. The normalized spacial score (nSPS) is 15.0. The summed E-state index contributed by atoms with van der Waals surface area (Å²) in [6.45, 7) is 4.03. The number of esters is 1. The van der Waals surface area contributed by atoms with E-state index in [-0.39, 0.29) is 12.6 Å². The van der Waals surface area contributed by atoms with E-state index in [0.29, 0.717) is 18.1 Å². The lowest BCUT2D eigenvalue weighted by molar-refractivity contribution is -0.139. The van der Waals surface area contributed by atoms with Gasteiger partial charge < -0.3 is 20.1 Å². The summed E-state index contributed by atoms with van der Waals surface area (Å²) in [5.41, 5.74) is 0.267. The Balaban J connectivity index is 0.000000253. The molecular formula is C15H20Cl2N2O4. The first kappa shape index (κ1) is 19.5. The van der Waals surface area contributed by atoms with Gasteiger partial charge in [-0.2, -0.15) is 0 Å². The molecule has 1 heterocycles. The van der Waals surface area contributed by atoms with Crippen molar-refractivity contribution in [1.82, 2.24) is 10.2 Å². The van der Waals surface area contributed by atoms with Crippen LogP contribution in [0.15, 0.2) is 18.2 Å². The lowest BCUT2D eigenvalue weighted by atomic mass is 9.98. The molecule has 1 aromatic rings. The highest BCUT2D eigenvalue weighted by molar-refractivity contribution is 6.35. The summed E-state index contributed by atoms with van der Waals surface area (Å²) in [6, 6.07) is 5.09. The third-order valence-electron chi connectivity index (χ3n) is 3.10. The van der Waals surface area contributed by atoms with Gasteiger partial charge in [0.05, 0.1) is 25.8 Å². The van der Waals surface area contributed by atoms with Crippen LogP contribution in [0.1, 0.15) is 12.5 Å². The molecule has 1 aromatic carbocycles. The highest BCUT2D eigenvalue weighted by Gasteiger charge is 2.39. The van der Waals surface area contributed by atoms with E-state index in [2.05, 4.69) is 10.1 Å². The third kappa shape index (κ3) is 6.64.